The third kappa shape index (κ3) is 4.18. The summed E-state index contributed by atoms with van der Waals surface area (Å²) in [7, 11) is 0. The standard InChI is InChI=1S/C18H20N2O3S/c19-12-14-6-2-3-7-15(14)13-24-11-10-20-16(21)18(17(22)23)8-4-1-5-9-18/h1-4,6-7H,5,8-11,13H2,(H,20,21)(H,22,23). The molecule has 126 valence electrons. The van der Waals surface area contributed by atoms with Gasteiger partial charge in [0.2, 0.25) is 5.91 Å². The van der Waals surface area contributed by atoms with E-state index < -0.39 is 17.3 Å². The Labute approximate surface area is 145 Å². The Balaban J connectivity index is 1.79. The Morgan fingerprint density at radius 1 is 1.33 bits per heavy atom. The van der Waals surface area contributed by atoms with Gasteiger partial charge in [0.05, 0.1) is 11.6 Å². The van der Waals surface area contributed by atoms with Gasteiger partial charge in [-0.2, -0.15) is 17.0 Å². The number of allylic oxidation sites excluding steroid dienone is 2. The van der Waals surface area contributed by atoms with E-state index in [9.17, 15) is 14.7 Å². The highest BCUT2D eigenvalue weighted by atomic mass is 32.2. The van der Waals surface area contributed by atoms with E-state index in [1.807, 2.05) is 24.3 Å². The van der Waals surface area contributed by atoms with E-state index in [1.54, 1.807) is 23.9 Å². The molecule has 0 fully saturated rings. The highest BCUT2D eigenvalue weighted by Gasteiger charge is 2.45. The Bertz CT molecular complexity index is 681. The van der Waals surface area contributed by atoms with Gasteiger partial charge >= 0.3 is 5.97 Å². The lowest BCUT2D eigenvalue weighted by molar-refractivity contribution is -0.156. The highest BCUT2D eigenvalue weighted by Crippen LogP contribution is 2.33. The molecule has 5 nitrogen and oxygen atoms in total. The summed E-state index contributed by atoms with van der Waals surface area (Å²) in [6.45, 7) is 0.414. The average molecular weight is 344 g/mol. The normalized spacial score (nSPS) is 19.5. The van der Waals surface area contributed by atoms with Crippen molar-refractivity contribution in [2.24, 2.45) is 5.41 Å². The zero-order chi connectivity index (χ0) is 17.4. The van der Waals surface area contributed by atoms with Crippen LogP contribution in [-0.2, 0) is 15.3 Å². The summed E-state index contributed by atoms with van der Waals surface area (Å²) in [4.78, 5) is 23.8. The fourth-order valence-corrected chi connectivity index (χ4v) is 3.54. The van der Waals surface area contributed by atoms with Crippen molar-refractivity contribution in [2.75, 3.05) is 12.3 Å². The lowest BCUT2D eigenvalue weighted by Crippen LogP contribution is -2.47. The third-order valence-electron chi connectivity index (χ3n) is 4.14. The molecule has 2 N–H and O–H groups in total. The number of nitrogens with zero attached hydrogens (tertiary/aromatic N) is 1. The van der Waals surface area contributed by atoms with Crippen molar-refractivity contribution in [1.82, 2.24) is 5.32 Å². The van der Waals surface area contributed by atoms with Crippen molar-refractivity contribution < 1.29 is 14.7 Å². The molecule has 1 unspecified atom stereocenters. The van der Waals surface area contributed by atoms with Crippen molar-refractivity contribution in [3.63, 3.8) is 0 Å². The number of benzene rings is 1. The summed E-state index contributed by atoms with van der Waals surface area (Å²) < 4.78 is 0. The van der Waals surface area contributed by atoms with Crippen molar-refractivity contribution in [3.05, 3.63) is 47.5 Å². The second-order valence-electron chi connectivity index (χ2n) is 5.68. The van der Waals surface area contributed by atoms with Gasteiger partial charge in [0, 0.05) is 18.1 Å². The Morgan fingerprint density at radius 2 is 2.12 bits per heavy atom. The van der Waals surface area contributed by atoms with Gasteiger partial charge in [-0.15, -0.1) is 0 Å². The summed E-state index contributed by atoms with van der Waals surface area (Å²) in [5.41, 5.74) is 0.302. The van der Waals surface area contributed by atoms with Gasteiger partial charge in [-0.25, -0.2) is 0 Å². The maximum absolute atomic E-state index is 12.3. The molecule has 1 aliphatic carbocycles. The second-order valence-corrected chi connectivity index (χ2v) is 6.78. The van der Waals surface area contributed by atoms with E-state index in [4.69, 9.17) is 5.26 Å². The number of amides is 1. The zero-order valence-corrected chi connectivity index (χ0v) is 14.1. The fourth-order valence-electron chi connectivity index (χ4n) is 2.68. The Hall–Kier alpha value is -2.26. The minimum Gasteiger partial charge on any atom is -0.480 e. The van der Waals surface area contributed by atoms with E-state index in [2.05, 4.69) is 11.4 Å². The van der Waals surface area contributed by atoms with Crippen LogP contribution in [0.1, 0.15) is 30.4 Å². The molecule has 0 aromatic heterocycles. The van der Waals surface area contributed by atoms with Crippen LogP contribution in [0.3, 0.4) is 0 Å². The van der Waals surface area contributed by atoms with Crippen LogP contribution < -0.4 is 5.32 Å². The molecular formula is C18H20N2O3S. The third-order valence-corrected chi connectivity index (χ3v) is 5.15. The Morgan fingerprint density at radius 3 is 2.79 bits per heavy atom. The largest absolute Gasteiger partial charge is 0.480 e. The van der Waals surface area contributed by atoms with Crippen LogP contribution in [0.2, 0.25) is 0 Å². The maximum Gasteiger partial charge on any atom is 0.319 e. The lowest BCUT2D eigenvalue weighted by atomic mass is 9.76. The minimum absolute atomic E-state index is 0.247. The number of carbonyl (C=O) groups excluding carboxylic acids is 1. The van der Waals surface area contributed by atoms with Crippen molar-refractivity contribution in [3.8, 4) is 6.07 Å². The number of rotatable bonds is 7. The summed E-state index contributed by atoms with van der Waals surface area (Å²) in [6.07, 6.45) is 4.88. The quantitative estimate of drug-likeness (QED) is 0.451. The number of nitriles is 1. The number of thioether (sulfide) groups is 1. The molecule has 0 saturated carbocycles. The van der Waals surface area contributed by atoms with Crippen molar-refractivity contribution in [1.29, 1.82) is 5.26 Å². The molecule has 0 saturated heterocycles. The summed E-state index contributed by atoms with van der Waals surface area (Å²) in [5, 5.41) is 21.2. The first-order valence-electron chi connectivity index (χ1n) is 7.82. The first-order chi connectivity index (χ1) is 11.6. The van der Waals surface area contributed by atoms with Crippen molar-refractivity contribution in [2.45, 2.75) is 25.0 Å². The molecule has 24 heavy (non-hydrogen) atoms. The highest BCUT2D eigenvalue weighted by molar-refractivity contribution is 7.98. The number of hydrogen-bond acceptors (Lipinski definition) is 4. The van der Waals surface area contributed by atoms with Crippen LogP contribution in [0.5, 0.6) is 0 Å². The van der Waals surface area contributed by atoms with E-state index >= 15 is 0 Å². The zero-order valence-electron chi connectivity index (χ0n) is 13.3. The molecule has 0 radical (unpaired) electrons. The van der Waals surface area contributed by atoms with Gasteiger partial charge in [0.1, 0.15) is 5.41 Å². The van der Waals surface area contributed by atoms with E-state index in [1.165, 1.54) is 0 Å². The van der Waals surface area contributed by atoms with Crippen LogP contribution in [0.25, 0.3) is 0 Å². The van der Waals surface area contributed by atoms with Crippen LogP contribution in [0.15, 0.2) is 36.4 Å². The number of carboxylic acid groups (broad SMARTS) is 1. The molecule has 0 bridgehead atoms. The number of hydrogen-bond donors (Lipinski definition) is 2. The maximum atomic E-state index is 12.3. The number of carbonyl (C=O) groups is 2. The molecule has 1 amide bonds. The molecule has 0 aliphatic heterocycles. The topological polar surface area (TPSA) is 90.2 Å². The molecule has 1 aromatic carbocycles. The van der Waals surface area contributed by atoms with Gasteiger partial charge < -0.3 is 10.4 Å². The average Bonchev–Trinajstić information content (AvgIpc) is 2.62. The molecule has 6 heteroatoms. The van der Waals surface area contributed by atoms with Gasteiger partial charge in [0.25, 0.3) is 0 Å². The summed E-state index contributed by atoms with van der Waals surface area (Å²) in [5.74, 6) is -0.110. The minimum atomic E-state index is -1.33. The van der Waals surface area contributed by atoms with Gasteiger partial charge in [0.15, 0.2) is 0 Å². The molecule has 1 atom stereocenters. The van der Waals surface area contributed by atoms with Crippen molar-refractivity contribution >= 4 is 23.6 Å². The molecule has 0 spiro atoms. The van der Waals surface area contributed by atoms with Crippen LogP contribution in [-0.4, -0.2) is 29.3 Å². The summed E-state index contributed by atoms with van der Waals surface area (Å²) >= 11 is 1.60. The number of aliphatic carboxylic acids is 1. The van der Waals surface area contributed by atoms with Crippen LogP contribution in [0, 0.1) is 16.7 Å². The van der Waals surface area contributed by atoms with Crippen LogP contribution >= 0.6 is 11.8 Å². The van der Waals surface area contributed by atoms with E-state index in [0.29, 0.717) is 36.5 Å². The Kier molecular flexibility index (Phi) is 6.44. The number of carboxylic acids is 1. The van der Waals surface area contributed by atoms with Gasteiger partial charge in [-0.1, -0.05) is 30.4 Å². The predicted octanol–water partition coefficient (Wildman–Crippen LogP) is 2.72. The first kappa shape index (κ1) is 18.1. The predicted molar refractivity (Wildman–Crippen MR) is 93.4 cm³/mol. The molecular weight excluding hydrogens is 324 g/mol. The monoisotopic (exact) mass is 344 g/mol. The lowest BCUT2D eigenvalue weighted by Gasteiger charge is -2.28. The summed E-state index contributed by atoms with van der Waals surface area (Å²) in [6, 6.07) is 9.58. The SMILES string of the molecule is N#Cc1ccccc1CSCCNC(=O)C1(C(=O)O)CC=CCC1. The second kappa shape index (κ2) is 8.55. The van der Waals surface area contributed by atoms with Gasteiger partial charge in [-0.05, 0) is 30.9 Å². The van der Waals surface area contributed by atoms with E-state index in [-0.39, 0.29) is 6.42 Å². The first-order valence-corrected chi connectivity index (χ1v) is 8.98. The molecule has 1 aromatic rings. The van der Waals surface area contributed by atoms with E-state index in [0.717, 1.165) is 5.56 Å². The number of nitrogens with one attached hydrogen (secondary N) is 1. The van der Waals surface area contributed by atoms with Crippen LogP contribution in [0.4, 0.5) is 0 Å². The molecule has 0 heterocycles. The smallest absolute Gasteiger partial charge is 0.319 e. The molecule has 1 aliphatic rings. The fraction of sp³-hybridized carbons (Fsp3) is 0.389. The van der Waals surface area contributed by atoms with Gasteiger partial charge in [-0.3, -0.25) is 9.59 Å². The molecule has 2 rings (SSSR count).